The van der Waals surface area contributed by atoms with Gasteiger partial charge in [0.15, 0.2) is 11.5 Å². The van der Waals surface area contributed by atoms with Gasteiger partial charge in [-0.05, 0) is 17.7 Å². The fourth-order valence-electron chi connectivity index (χ4n) is 1.94. The Balaban J connectivity index is 2.13. The van der Waals surface area contributed by atoms with Gasteiger partial charge in [0.2, 0.25) is 0 Å². The number of aromatic nitrogens is 3. The summed E-state index contributed by atoms with van der Waals surface area (Å²) in [5.74, 6) is 0.809. The predicted octanol–water partition coefficient (Wildman–Crippen LogP) is 2.14. The second-order valence-electron chi connectivity index (χ2n) is 4.02. The average Bonchev–Trinajstić information content (AvgIpc) is 2.83. The summed E-state index contributed by atoms with van der Waals surface area (Å²) in [7, 11) is 0. The Morgan fingerprint density at radius 3 is 2.72 bits per heavy atom. The monoisotopic (exact) mass is 237 g/mol. The fourth-order valence-corrected chi connectivity index (χ4v) is 1.94. The zero-order chi connectivity index (χ0) is 12.4. The maximum Gasteiger partial charge on any atom is 0.168 e. The molecule has 2 aromatic heterocycles. The van der Waals surface area contributed by atoms with E-state index in [1.807, 2.05) is 53.1 Å². The van der Waals surface area contributed by atoms with Crippen molar-refractivity contribution in [1.82, 2.24) is 14.6 Å². The van der Waals surface area contributed by atoms with Crippen molar-refractivity contribution in [3.05, 3.63) is 54.2 Å². The molecule has 3 aromatic rings. The third-order valence-corrected chi connectivity index (χ3v) is 2.83. The molecule has 2 heterocycles. The van der Waals surface area contributed by atoms with Gasteiger partial charge in [0.1, 0.15) is 6.29 Å². The second-order valence-corrected chi connectivity index (χ2v) is 4.02. The molecule has 3 rings (SSSR count). The van der Waals surface area contributed by atoms with Crippen LogP contribution in [-0.4, -0.2) is 20.9 Å². The number of hydrogen-bond donors (Lipinski definition) is 0. The summed E-state index contributed by atoms with van der Waals surface area (Å²) in [5.41, 5.74) is 2.73. The average molecular weight is 237 g/mol. The Kier molecular flexibility index (Phi) is 2.61. The molecule has 0 saturated heterocycles. The molecule has 0 N–H and O–H groups in total. The highest BCUT2D eigenvalue weighted by Crippen LogP contribution is 2.18. The lowest BCUT2D eigenvalue weighted by Gasteiger charge is -2.00. The van der Waals surface area contributed by atoms with E-state index in [4.69, 9.17) is 0 Å². The lowest BCUT2D eigenvalue weighted by molar-refractivity contribution is -0.107. The van der Waals surface area contributed by atoms with Crippen LogP contribution < -0.4 is 0 Å². The molecule has 0 radical (unpaired) electrons. The van der Waals surface area contributed by atoms with E-state index >= 15 is 0 Å². The van der Waals surface area contributed by atoms with Crippen LogP contribution in [0.25, 0.3) is 17.0 Å². The number of rotatable bonds is 3. The highest BCUT2D eigenvalue weighted by atomic mass is 16.1. The SMILES string of the molecule is O=CCc1ccn2c(-c3ccccc3)nnc2c1. The number of carbonyl (C=O) groups is 1. The maximum absolute atomic E-state index is 10.5. The Hall–Kier alpha value is -2.49. The standard InChI is InChI=1S/C14H11N3O/c18-9-7-11-6-8-17-13(10-11)15-16-14(17)12-4-2-1-3-5-12/h1-6,8-10H,7H2. The van der Waals surface area contributed by atoms with Crippen molar-refractivity contribution in [1.29, 1.82) is 0 Å². The minimum absolute atomic E-state index is 0.407. The van der Waals surface area contributed by atoms with Gasteiger partial charge in [-0.25, -0.2) is 0 Å². The molecule has 0 spiro atoms. The third kappa shape index (κ3) is 1.78. The Bertz CT molecular complexity index is 689. The summed E-state index contributed by atoms with van der Waals surface area (Å²) in [6, 6.07) is 13.7. The van der Waals surface area contributed by atoms with E-state index in [9.17, 15) is 4.79 Å². The Morgan fingerprint density at radius 2 is 1.94 bits per heavy atom. The molecule has 4 nitrogen and oxygen atoms in total. The van der Waals surface area contributed by atoms with E-state index in [0.717, 1.165) is 28.9 Å². The molecule has 0 bridgehead atoms. The topological polar surface area (TPSA) is 47.3 Å². The summed E-state index contributed by atoms with van der Waals surface area (Å²) in [6.07, 6.45) is 3.20. The van der Waals surface area contributed by atoms with E-state index in [2.05, 4.69) is 10.2 Å². The van der Waals surface area contributed by atoms with E-state index in [1.54, 1.807) is 0 Å². The van der Waals surface area contributed by atoms with Crippen LogP contribution in [0.1, 0.15) is 5.56 Å². The van der Waals surface area contributed by atoms with Gasteiger partial charge in [0.05, 0.1) is 0 Å². The number of carbonyl (C=O) groups excluding carboxylic acids is 1. The minimum atomic E-state index is 0.407. The third-order valence-electron chi connectivity index (χ3n) is 2.83. The first-order valence-electron chi connectivity index (χ1n) is 5.71. The summed E-state index contributed by atoms with van der Waals surface area (Å²) in [6.45, 7) is 0. The number of pyridine rings is 1. The largest absolute Gasteiger partial charge is 0.303 e. The first-order chi connectivity index (χ1) is 8.88. The normalized spacial score (nSPS) is 10.7. The molecule has 0 saturated carbocycles. The lowest BCUT2D eigenvalue weighted by atomic mass is 10.2. The molecule has 88 valence electrons. The summed E-state index contributed by atoms with van der Waals surface area (Å²) < 4.78 is 1.92. The number of benzene rings is 1. The van der Waals surface area contributed by atoms with Crippen LogP contribution in [0, 0.1) is 0 Å². The number of nitrogens with zero attached hydrogens (tertiary/aromatic N) is 3. The lowest BCUT2D eigenvalue weighted by Crippen LogP contribution is -1.92. The second kappa shape index (κ2) is 4.41. The first kappa shape index (κ1) is 10.7. The number of hydrogen-bond acceptors (Lipinski definition) is 3. The first-order valence-corrected chi connectivity index (χ1v) is 5.71. The highest BCUT2D eigenvalue weighted by molar-refractivity contribution is 5.61. The zero-order valence-corrected chi connectivity index (χ0v) is 9.65. The van der Waals surface area contributed by atoms with Crippen LogP contribution in [-0.2, 0) is 11.2 Å². The summed E-state index contributed by atoms with van der Waals surface area (Å²) >= 11 is 0. The minimum Gasteiger partial charge on any atom is -0.303 e. The fraction of sp³-hybridized carbons (Fsp3) is 0.0714. The van der Waals surface area contributed by atoms with Crippen molar-refractivity contribution >= 4 is 11.9 Å². The molecule has 0 aliphatic heterocycles. The Labute approximate surface area is 104 Å². The molecule has 0 amide bonds. The van der Waals surface area contributed by atoms with Crippen molar-refractivity contribution in [2.75, 3.05) is 0 Å². The van der Waals surface area contributed by atoms with Gasteiger partial charge in [-0.1, -0.05) is 30.3 Å². The van der Waals surface area contributed by atoms with E-state index in [1.165, 1.54) is 0 Å². The smallest absolute Gasteiger partial charge is 0.168 e. The zero-order valence-electron chi connectivity index (χ0n) is 9.65. The van der Waals surface area contributed by atoms with Crippen molar-refractivity contribution in [3.63, 3.8) is 0 Å². The van der Waals surface area contributed by atoms with Gasteiger partial charge < -0.3 is 4.79 Å². The molecular formula is C14H11N3O. The van der Waals surface area contributed by atoms with Crippen molar-refractivity contribution in [3.8, 4) is 11.4 Å². The molecule has 1 aromatic carbocycles. The molecule has 18 heavy (non-hydrogen) atoms. The molecule has 0 atom stereocenters. The van der Waals surface area contributed by atoms with Gasteiger partial charge in [-0.15, -0.1) is 10.2 Å². The quantitative estimate of drug-likeness (QED) is 0.656. The van der Waals surface area contributed by atoms with E-state index in [-0.39, 0.29) is 0 Å². The van der Waals surface area contributed by atoms with Gasteiger partial charge in [0, 0.05) is 18.2 Å². The van der Waals surface area contributed by atoms with E-state index in [0.29, 0.717) is 6.42 Å². The van der Waals surface area contributed by atoms with Crippen molar-refractivity contribution in [2.45, 2.75) is 6.42 Å². The van der Waals surface area contributed by atoms with Crippen LogP contribution in [0.3, 0.4) is 0 Å². The van der Waals surface area contributed by atoms with Crippen LogP contribution in [0.15, 0.2) is 48.7 Å². The number of fused-ring (bicyclic) bond motifs is 1. The van der Waals surface area contributed by atoms with Gasteiger partial charge in [-0.2, -0.15) is 0 Å². The highest BCUT2D eigenvalue weighted by Gasteiger charge is 2.07. The molecule has 0 aliphatic carbocycles. The van der Waals surface area contributed by atoms with Gasteiger partial charge >= 0.3 is 0 Å². The van der Waals surface area contributed by atoms with Crippen LogP contribution >= 0.6 is 0 Å². The summed E-state index contributed by atoms with van der Waals surface area (Å²) in [4.78, 5) is 10.5. The molecular weight excluding hydrogens is 226 g/mol. The van der Waals surface area contributed by atoms with Crippen molar-refractivity contribution < 1.29 is 4.79 Å². The summed E-state index contributed by atoms with van der Waals surface area (Å²) in [5, 5.41) is 8.33. The predicted molar refractivity (Wildman–Crippen MR) is 68.2 cm³/mol. The van der Waals surface area contributed by atoms with Crippen molar-refractivity contribution in [2.24, 2.45) is 0 Å². The van der Waals surface area contributed by atoms with Crippen LogP contribution in [0.4, 0.5) is 0 Å². The molecule has 0 unspecified atom stereocenters. The van der Waals surface area contributed by atoms with E-state index < -0.39 is 0 Å². The molecule has 0 aliphatic rings. The van der Waals surface area contributed by atoms with Gasteiger partial charge in [0.25, 0.3) is 0 Å². The Morgan fingerprint density at radius 1 is 1.11 bits per heavy atom. The molecule has 4 heteroatoms. The maximum atomic E-state index is 10.5. The van der Waals surface area contributed by atoms with Crippen LogP contribution in [0.2, 0.25) is 0 Å². The number of aldehydes is 1. The molecule has 0 fully saturated rings. The van der Waals surface area contributed by atoms with Crippen LogP contribution in [0.5, 0.6) is 0 Å². The van der Waals surface area contributed by atoms with Gasteiger partial charge in [-0.3, -0.25) is 4.40 Å².